The maximum atomic E-state index is 13.0. The van der Waals surface area contributed by atoms with Crippen molar-refractivity contribution in [3.05, 3.63) is 77.0 Å². The first-order valence-electron chi connectivity index (χ1n) is 19.4. The summed E-state index contributed by atoms with van der Waals surface area (Å²) in [6.45, 7) is 8.37. The number of imidazole rings is 1. The number of hydrogen-bond donors (Lipinski definition) is 3. The summed E-state index contributed by atoms with van der Waals surface area (Å²) < 4.78 is 49.6. The van der Waals surface area contributed by atoms with Crippen molar-refractivity contribution in [2.75, 3.05) is 25.2 Å². The van der Waals surface area contributed by atoms with Gasteiger partial charge in [0.15, 0.2) is 32.2 Å². The van der Waals surface area contributed by atoms with E-state index in [2.05, 4.69) is 64.1 Å². The fourth-order valence-electron chi connectivity index (χ4n) is 7.42. The highest BCUT2D eigenvalue weighted by molar-refractivity contribution is 8.09. The molecule has 5 aromatic rings. The Balaban J connectivity index is 1.12. The summed E-state index contributed by atoms with van der Waals surface area (Å²) in [4.78, 5) is 58.3. The van der Waals surface area contributed by atoms with Crippen molar-refractivity contribution in [3.8, 4) is 0 Å². The van der Waals surface area contributed by atoms with Gasteiger partial charge in [0.2, 0.25) is 0 Å². The Bertz CT molecular complexity index is 2590. The first-order valence-corrected chi connectivity index (χ1v) is 28.0. The highest BCUT2D eigenvalue weighted by Gasteiger charge is 2.55. The molecule has 4 aromatic heterocycles. The second-order valence-corrected chi connectivity index (χ2v) is 28.3. The van der Waals surface area contributed by atoms with Crippen molar-refractivity contribution in [3.63, 3.8) is 0 Å². The maximum Gasteiger partial charge on any atom is 0.325 e. The molecule has 322 valence electrons. The molecular weight excluding hydrogens is 871 g/mol. The molecule has 0 aliphatic carbocycles. The van der Waals surface area contributed by atoms with Crippen molar-refractivity contribution in [1.29, 1.82) is 0 Å². The van der Waals surface area contributed by atoms with Gasteiger partial charge in [-0.2, -0.15) is 0 Å². The Morgan fingerprint density at radius 2 is 1.70 bits per heavy atom. The normalized spacial score (nSPS) is 31.7. The van der Waals surface area contributed by atoms with Crippen LogP contribution in [0.15, 0.2) is 60.0 Å². The second kappa shape index (κ2) is 16.2. The third-order valence-corrected chi connectivity index (χ3v) is 19.3. The Morgan fingerprint density at radius 3 is 2.43 bits per heavy atom. The molecule has 8 rings (SSSR count). The Labute approximate surface area is 357 Å². The molecule has 0 radical (unpaired) electrons. The van der Waals surface area contributed by atoms with Crippen LogP contribution in [0.5, 0.6) is 0 Å². The minimum absolute atomic E-state index is 0.0645. The average molecular weight is 919 g/mol. The minimum Gasteiger partial charge on any atom is -0.408 e. The van der Waals surface area contributed by atoms with Crippen LogP contribution >= 0.6 is 13.2 Å². The molecule has 3 saturated heterocycles. The third-order valence-electron chi connectivity index (χ3n) is 11.5. The number of nitrogens with one attached hydrogen (secondary N) is 2. The van der Waals surface area contributed by atoms with Gasteiger partial charge in [-0.1, -0.05) is 45.9 Å². The predicted octanol–water partition coefficient (Wildman–Crippen LogP) is 5.92. The van der Waals surface area contributed by atoms with Crippen LogP contribution in [0.3, 0.4) is 0 Å². The van der Waals surface area contributed by atoms with Gasteiger partial charge in [-0.05, 0) is 66.9 Å². The van der Waals surface area contributed by atoms with E-state index in [1.54, 1.807) is 54.7 Å². The summed E-state index contributed by atoms with van der Waals surface area (Å²) in [5.74, 6) is 0.0324. The summed E-state index contributed by atoms with van der Waals surface area (Å²) in [6.07, 6.45) is -1.28. The number of ether oxygens (including phenoxy) is 2. The maximum absolute atomic E-state index is 13.0. The molecule has 0 spiro atoms. The molecule has 3 fully saturated rings. The number of carbonyl (C=O) groups is 1. The summed E-state index contributed by atoms with van der Waals surface area (Å²) in [5, 5.41) is 3.26. The second-order valence-electron chi connectivity index (χ2n) is 16.8. The topological polar surface area (TPSA) is 208 Å². The number of H-pyrrole nitrogens is 1. The molecule has 3 aliphatic rings. The molecule has 18 nitrogen and oxygen atoms in total. The van der Waals surface area contributed by atoms with E-state index in [1.165, 1.54) is 12.7 Å². The SMILES string of the molecule is Cc1nc2c(ncn2[C@@H]2O[C@@H]3COP(C)(=S)O[C@@H]4C(C)[C@H](n5ccc6c(NC(=O)c7ccccc7)ncnc65)O[C@@H]4COP(O)(=S)O[C@H]2C3O[Si](C)(C)C(C)(C)C)c(=O)[nH]1. The molecule has 7 heterocycles. The van der Waals surface area contributed by atoms with Crippen molar-refractivity contribution < 1.29 is 41.7 Å². The summed E-state index contributed by atoms with van der Waals surface area (Å²) in [6, 6.07) is 10.6. The molecule has 4 unspecified atom stereocenters. The van der Waals surface area contributed by atoms with Crippen LogP contribution in [0.25, 0.3) is 22.2 Å². The van der Waals surface area contributed by atoms with Crippen LogP contribution in [0.4, 0.5) is 5.82 Å². The van der Waals surface area contributed by atoms with E-state index in [-0.39, 0.29) is 41.2 Å². The van der Waals surface area contributed by atoms with Gasteiger partial charge in [-0.15, -0.1) is 0 Å². The Morgan fingerprint density at radius 1 is 0.983 bits per heavy atom. The zero-order chi connectivity index (χ0) is 42.9. The van der Waals surface area contributed by atoms with Gasteiger partial charge in [-0.25, -0.2) is 19.9 Å². The monoisotopic (exact) mass is 918 g/mol. The summed E-state index contributed by atoms with van der Waals surface area (Å²) in [7, 11) is -2.57. The molecule has 23 heteroatoms. The number of aromatic nitrogens is 7. The van der Waals surface area contributed by atoms with Crippen LogP contribution in [0.2, 0.25) is 18.1 Å². The Kier molecular flexibility index (Phi) is 11.7. The fourth-order valence-corrected chi connectivity index (χ4v) is 11.9. The predicted molar refractivity (Wildman–Crippen MR) is 232 cm³/mol. The molecule has 1 aromatic carbocycles. The largest absolute Gasteiger partial charge is 0.408 e. The van der Waals surface area contributed by atoms with Crippen LogP contribution in [-0.2, 0) is 55.6 Å². The number of fused-ring (bicyclic) bond motifs is 5. The molecule has 2 bridgehead atoms. The molecule has 60 heavy (non-hydrogen) atoms. The van der Waals surface area contributed by atoms with E-state index >= 15 is 0 Å². The highest BCUT2D eigenvalue weighted by Crippen LogP contribution is 2.56. The first-order chi connectivity index (χ1) is 28.2. The van der Waals surface area contributed by atoms with Crippen molar-refractivity contribution in [1.82, 2.24) is 34.1 Å². The van der Waals surface area contributed by atoms with E-state index < -0.39 is 70.1 Å². The van der Waals surface area contributed by atoms with E-state index in [9.17, 15) is 14.5 Å². The number of aryl methyl sites for hydroxylation is 1. The molecule has 10 atom stereocenters. The van der Waals surface area contributed by atoms with Crippen LogP contribution in [0.1, 0.15) is 56.3 Å². The highest BCUT2D eigenvalue weighted by atomic mass is 32.5. The molecule has 1 amide bonds. The van der Waals surface area contributed by atoms with Gasteiger partial charge in [0.25, 0.3) is 11.5 Å². The van der Waals surface area contributed by atoms with Gasteiger partial charge >= 0.3 is 6.72 Å². The van der Waals surface area contributed by atoms with Crippen molar-refractivity contribution in [2.45, 2.75) is 95.7 Å². The molecule has 0 saturated carbocycles. The van der Waals surface area contributed by atoms with Crippen LogP contribution in [0, 0.1) is 12.8 Å². The van der Waals surface area contributed by atoms with Crippen LogP contribution in [-0.4, -0.2) is 104 Å². The number of carbonyl (C=O) groups excluding carboxylic acids is 1. The summed E-state index contributed by atoms with van der Waals surface area (Å²) in [5.41, 5.74) is 0.915. The lowest BCUT2D eigenvalue weighted by Crippen LogP contribution is -2.50. The molecule has 3 N–H and O–H groups in total. The number of hydrogen-bond acceptors (Lipinski definition) is 15. The Hall–Kier alpha value is -3.14. The zero-order valence-electron chi connectivity index (χ0n) is 34.2. The van der Waals surface area contributed by atoms with E-state index in [4.69, 9.17) is 55.6 Å². The van der Waals surface area contributed by atoms with Crippen molar-refractivity contribution in [2.24, 2.45) is 5.92 Å². The lowest BCUT2D eigenvalue weighted by Gasteiger charge is -2.41. The van der Waals surface area contributed by atoms with Crippen molar-refractivity contribution >= 4 is 79.1 Å². The van der Waals surface area contributed by atoms with E-state index in [1.807, 2.05) is 17.6 Å². The van der Waals surface area contributed by atoms with Gasteiger partial charge in [0.1, 0.15) is 60.4 Å². The van der Waals surface area contributed by atoms with Gasteiger partial charge in [-0.3, -0.25) is 18.7 Å². The molecule has 3 aliphatic heterocycles. The minimum atomic E-state index is -4.12. The summed E-state index contributed by atoms with van der Waals surface area (Å²) >= 11 is 11.8. The van der Waals surface area contributed by atoms with Gasteiger partial charge in [0.05, 0.1) is 24.9 Å². The van der Waals surface area contributed by atoms with Gasteiger partial charge in [0, 0.05) is 24.3 Å². The number of benzene rings is 1. The fraction of sp³-hybridized carbons (Fsp3) is 0.514. The zero-order valence-corrected chi connectivity index (χ0v) is 38.7. The lowest BCUT2D eigenvalue weighted by atomic mass is 10.0. The van der Waals surface area contributed by atoms with Crippen LogP contribution < -0.4 is 10.9 Å². The number of amides is 1. The number of rotatable bonds is 6. The smallest absolute Gasteiger partial charge is 0.325 e. The van der Waals surface area contributed by atoms with E-state index in [0.29, 0.717) is 28.2 Å². The number of aromatic amines is 1. The number of nitrogens with zero attached hydrogens (tertiary/aromatic N) is 6. The van der Waals surface area contributed by atoms with E-state index in [0.717, 1.165) is 0 Å². The third kappa shape index (κ3) is 8.50. The first kappa shape index (κ1) is 43.5. The van der Waals surface area contributed by atoms with Gasteiger partial charge < -0.3 is 47.2 Å². The number of anilines is 1. The lowest BCUT2D eigenvalue weighted by molar-refractivity contribution is -0.0573. The average Bonchev–Trinajstić information content (AvgIpc) is 3.94. The molecular formula is C37H48N8O10P2S2Si. The standard InChI is InChI=1S/C37H48N8O10P2S2Si/c1-20-27-24(51-35(20)44-15-14-23-30(38-18-39-31(23)44)43-33(46)22-12-10-9-11-13-22)17-50-57(48,59)54-29-28(55-60(7,8)37(3,4)5)25(16-49-56(6,58)53-27)52-36(29)45-19-40-26-32(45)41-21(2)42-34(26)47/h9-15,18-20,24-25,27-29,35-36H,16-17H2,1-8H3,(H,48,59)(H,41,42,47)(H,38,39,43,46)/t20?,24-,25-,27-,28?,29+,35-,36-,56?,57?/m1/s1. The quantitative estimate of drug-likeness (QED) is 0.133.